The van der Waals surface area contributed by atoms with E-state index in [9.17, 15) is 4.79 Å². The number of fused-ring (bicyclic) bond motifs is 1. The molecule has 0 saturated heterocycles. The molecule has 1 atom stereocenters. The van der Waals surface area contributed by atoms with Gasteiger partial charge in [-0.2, -0.15) is 0 Å². The van der Waals surface area contributed by atoms with Gasteiger partial charge in [-0.05, 0) is 36.8 Å². The van der Waals surface area contributed by atoms with Gasteiger partial charge < -0.3 is 10.6 Å². The highest BCUT2D eigenvalue weighted by Gasteiger charge is 2.23. The summed E-state index contributed by atoms with van der Waals surface area (Å²) in [5.74, 6) is 0.214. The first-order valence-electron chi connectivity index (χ1n) is 6.93. The molecule has 1 saturated carbocycles. The normalized spacial score (nSPS) is 22.3. The highest BCUT2D eigenvalue weighted by molar-refractivity contribution is 5.76. The van der Waals surface area contributed by atoms with Gasteiger partial charge in [-0.25, -0.2) is 0 Å². The molecule has 0 aromatic heterocycles. The average Bonchev–Trinajstić information content (AvgIpc) is 2.75. The first-order chi connectivity index (χ1) is 8.83. The third-order valence-corrected chi connectivity index (χ3v) is 4.10. The molecule has 1 heterocycles. The lowest BCUT2D eigenvalue weighted by Gasteiger charge is -2.26. The van der Waals surface area contributed by atoms with Crippen LogP contribution >= 0.6 is 0 Å². The van der Waals surface area contributed by atoms with Crippen LogP contribution in [0.5, 0.6) is 0 Å². The average molecular weight is 244 g/mol. The summed E-state index contributed by atoms with van der Waals surface area (Å²) in [4.78, 5) is 11.8. The second-order valence-electron chi connectivity index (χ2n) is 5.37. The van der Waals surface area contributed by atoms with Gasteiger partial charge in [0.25, 0.3) is 0 Å². The fourth-order valence-electron chi connectivity index (χ4n) is 2.76. The van der Waals surface area contributed by atoms with Crippen molar-refractivity contribution in [3.63, 3.8) is 0 Å². The molecule has 0 radical (unpaired) electrons. The molecule has 3 nitrogen and oxygen atoms in total. The number of hydrogen-bond donors (Lipinski definition) is 2. The third kappa shape index (κ3) is 2.41. The van der Waals surface area contributed by atoms with E-state index in [1.807, 2.05) is 0 Å². The summed E-state index contributed by atoms with van der Waals surface area (Å²) in [6.45, 7) is 0.936. The zero-order valence-corrected chi connectivity index (χ0v) is 10.6. The molecule has 0 bridgehead atoms. The molecule has 1 aromatic carbocycles. The van der Waals surface area contributed by atoms with Crippen molar-refractivity contribution in [3.05, 3.63) is 35.4 Å². The number of benzene rings is 1. The molecular weight excluding hydrogens is 224 g/mol. The zero-order chi connectivity index (χ0) is 12.4. The van der Waals surface area contributed by atoms with E-state index in [2.05, 4.69) is 34.9 Å². The summed E-state index contributed by atoms with van der Waals surface area (Å²) in [6.07, 6.45) is 5.12. The first kappa shape index (κ1) is 11.7. The topological polar surface area (TPSA) is 41.1 Å². The Morgan fingerprint density at radius 3 is 2.94 bits per heavy atom. The van der Waals surface area contributed by atoms with Crippen molar-refractivity contribution in [2.24, 2.45) is 0 Å². The Kier molecular flexibility index (Phi) is 3.33. The maximum atomic E-state index is 11.8. The maximum absolute atomic E-state index is 11.8. The number of rotatable bonds is 4. The van der Waals surface area contributed by atoms with Crippen LogP contribution in [0.2, 0.25) is 0 Å². The molecule has 96 valence electrons. The SMILES string of the molecule is O=C(CCC1NCc2ccccc21)NC1CCC1. The smallest absolute Gasteiger partial charge is 0.220 e. The largest absolute Gasteiger partial charge is 0.353 e. The second-order valence-corrected chi connectivity index (χ2v) is 5.37. The van der Waals surface area contributed by atoms with Crippen LogP contribution in [-0.4, -0.2) is 11.9 Å². The summed E-state index contributed by atoms with van der Waals surface area (Å²) in [5, 5.41) is 6.58. The maximum Gasteiger partial charge on any atom is 0.220 e. The molecule has 3 heteroatoms. The van der Waals surface area contributed by atoms with Crippen LogP contribution in [0.25, 0.3) is 0 Å². The van der Waals surface area contributed by atoms with Crippen molar-refractivity contribution in [2.75, 3.05) is 0 Å². The van der Waals surface area contributed by atoms with Gasteiger partial charge in [-0.15, -0.1) is 0 Å². The molecule has 1 amide bonds. The van der Waals surface area contributed by atoms with Crippen molar-refractivity contribution >= 4 is 5.91 Å². The Morgan fingerprint density at radius 1 is 1.33 bits per heavy atom. The Hall–Kier alpha value is -1.35. The second kappa shape index (κ2) is 5.11. The predicted octanol–water partition coefficient (Wildman–Crippen LogP) is 2.28. The number of hydrogen-bond acceptors (Lipinski definition) is 2. The number of carbonyl (C=O) groups is 1. The van der Waals surface area contributed by atoms with E-state index >= 15 is 0 Å². The van der Waals surface area contributed by atoms with E-state index in [1.165, 1.54) is 17.5 Å². The molecular formula is C15H20N2O. The van der Waals surface area contributed by atoms with Gasteiger partial charge in [0.1, 0.15) is 0 Å². The van der Waals surface area contributed by atoms with E-state index in [4.69, 9.17) is 0 Å². The van der Waals surface area contributed by atoms with Crippen LogP contribution in [-0.2, 0) is 11.3 Å². The van der Waals surface area contributed by atoms with Gasteiger partial charge in [0, 0.05) is 25.0 Å². The van der Waals surface area contributed by atoms with Crippen LogP contribution in [0.15, 0.2) is 24.3 Å². The van der Waals surface area contributed by atoms with Crippen molar-refractivity contribution in [1.82, 2.24) is 10.6 Å². The third-order valence-electron chi connectivity index (χ3n) is 4.10. The molecule has 2 aliphatic rings. The van der Waals surface area contributed by atoms with Crippen LogP contribution in [0.4, 0.5) is 0 Å². The molecule has 1 aliphatic carbocycles. The quantitative estimate of drug-likeness (QED) is 0.853. The van der Waals surface area contributed by atoms with E-state index in [-0.39, 0.29) is 5.91 Å². The fraction of sp³-hybridized carbons (Fsp3) is 0.533. The molecule has 2 N–H and O–H groups in total. The van der Waals surface area contributed by atoms with E-state index in [0.29, 0.717) is 18.5 Å². The van der Waals surface area contributed by atoms with Crippen LogP contribution in [0.3, 0.4) is 0 Å². The van der Waals surface area contributed by atoms with Crippen LogP contribution in [0, 0.1) is 0 Å². The van der Waals surface area contributed by atoms with Gasteiger partial charge in [0.05, 0.1) is 0 Å². The lowest BCUT2D eigenvalue weighted by molar-refractivity contribution is -0.122. The molecule has 3 rings (SSSR count). The molecule has 1 fully saturated rings. The summed E-state index contributed by atoms with van der Waals surface area (Å²) < 4.78 is 0. The standard InChI is InChI=1S/C15H20N2O/c18-15(17-12-5-3-6-12)9-8-14-13-7-2-1-4-11(13)10-16-14/h1-2,4,7,12,14,16H,3,5-6,8-10H2,(H,17,18). The van der Waals surface area contributed by atoms with E-state index in [0.717, 1.165) is 25.8 Å². The summed E-state index contributed by atoms with van der Waals surface area (Å²) >= 11 is 0. The lowest BCUT2D eigenvalue weighted by Crippen LogP contribution is -2.39. The van der Waals surface area contributed by atoms with E-state index in [1.54, 1.807) is 0 Å². The summed E-state index contributed by atoms with van der Waals surface area (Å²) in [6, 6.07) is 9.30. The highest BCUT2D eigenvalue weighted by atomic mass is 16.1. The van der Waals surface area contributed by atoms with Gasteiger partial charge >= 0.3 is 0 Å². The summed E-state index contributed by atoms with van der Waals surface area (Å²) in [5.41, 5.74) is 2.75. The van der Waals surface area contributed by atoms with Crippen molar-refractivity contribution in [1.29, 1.82) is 0 Å². The van der Waals surface area contributed by atoms with Gasteiger partial charge in [0.15, 0.2) is 0 Å². The Bertz CT molecular complexity index is 440. The molecule has 0 spiro atoms. The Balaban J connectivity index is 1.50. The highest BCUT2D eigenvalue weighted by Crippen LogP contribution is 2.28. The lowest BCUT2D eigenvalue weighted by atomic mass is 9.93. The minimum atomic E-state index is 0.214. The summed E-state index contributed by atoms with van der Waals surface area (Å²) in [7, 11) is 0. The molecule has 1 unspecified atom stereocenters. The van der Waals surface area contributed by atoms with Gasteiger partial charge in [-0.1, -0.05) is 24.3 Å². The van der Waals surface area contributed by atoms with Crippen molar-refractivity contribution < 1.29 is 4.79 Å². The van der Waals surface area contributed by atoms with Crippen molar-refractivity contribution in [2.45, 2.75) is 50.7 Å². The van der Waals surface area contributed by atoms with Crippen LogP contribution in [0.1, 0.15) is 49.3 Å². The van der Waals surface area contributed by atoms with Gasteiger partial charge in [-0.3, -0.25) is 4.79 Å². The van der Waals surface area contributed by atoms with Gasteiger partial charge in [0.2, 0.25) is 5.91 Å². The number of carbonyl (C=O) groups excluding carboxylic acids is 1. The molecule has 1 aromatic rings. The Labute approximate surface area is 108 Å². The Morgan fingerprint density at radius 2 is 2.17 bits per heavy atom. The molecule has 18 heavy (non-hydrogen) atoms. The number of amides is 1. The van der Waals surface area contributed by atoms with Crippen LogP contribution < -0.4 is 10.6 Å². The minimum Gasteiger partial charge on any atom is -0.353 e. The predicted molar refractivity (Wildman–Crippen MR) is 71.0 cm³/mol. The van der Waals surface area contributed by atoms with E-state index < -0.39 is 0 Å². The minimum absolute atomic E-state index is 0.214. The monoisotopic (exact) mass is 244 g/mol. The van der Waals surface area contributed by atoms with Crippen molar-refractivity contribution in [3.8, 4) is 0 Å². The molecule has 1 aliphatic heterocycles. The zero-order valence-electron chi connectivity index (χ0n) is 10.6. The number of nitrogens with one attached hydrogen (secondary N) is 2. The first-order valence-corrected chi connectivity index (χ1v) is 6.93. The fourth-order valence-corrected chi connectivity index (χ4v) is 2.76.